The summed E-state index contributed by atoms with van der Waals surface area (Å²) in [6, 6.07) is 6.94. The summed E-state index contributed by atoms with van der Waals surface area (Å²) >= 11 is 4.78. The Kier molecular flexibility index (Phi) is 4.56. The van der Waals surface area contributed by atoms with E-state index in [0.29, 0.717) is 21.6 Å². The van der Waals surface area contributed by atoms with Crippen LogP contribution in [0.2, 0.25) is 0 Å². The average molecular weight is 407 g/mol. The Morgan fingerprint density at radius 1 is 1.38 bits per heavy atom. The van der Waals surface area contributed by atoms with Crippen molar-refractivity contribution >= 4 is 43.5 Å². The van der Waals surface area contributed by atoms with Crippen molar-refractivity contribution in [2.24, 2.45) is 0 Å². The lowest BCUT2D eigenvalue weighted by Gasteiger charge is -2.12. The minimum Gasteiger partial charge on any atom is -0.451 e. The number of aromatic nitrogens is 2. The number of halogens is 1. The number of H-pyrrole nitrogens is 1. The van der Waals surface area contributed by atoms with Crippen LogP contribution in [0.1, 0.15) is 39.7 Å². The molecule has 0 radical (unpaired) electrons. The molecular weight excluding hydrogens is 392 g/mol. The Hall–Kier alpha value is -1.99. The first-order valence-electron chi connectivity index (χ1n) is 7.33. The number of hydrogen-bond donors (Lipinski definition) is 1. The van der Waals surface area contributed by atoms with E-state index in [1.54, 1.807) is 25.1 Å². The van der Waals surface area contributed by atoms with Crippen molar-refractivity contribution in [1.82, 2.24) is 9.97 Å². The topological polar surface area (TPSA) is 72.0 Å². The molecule has 5 nitrogen and oxygen atoms in total. The van der Waals surface area contributed by atoms with Crippen LogP contribution in [0.5, 0.6) is 0 Å². The van der Waals surface area contributed by atoms with Gasteiger partial charge in [-0.05, 0) is 44.5 Å². The van der Waals surface area contributed by atoms with Crippen molar-refractivity contribution in [1.29, 1.82) is 0 Å². The average Bonchev–Trinajstić information content (AvgIpc) is 2.82. The van der Waals surface area contributed by atoms with E-state index < -0.39 is 12.1 Å². The quantitative estimate of drug-likeness (QED) is 0.658. The van der Waals surface area contributed by atoms with Crippen LogP contribution in [0.25, 0.3) is 10.2 Å². The summed E-state index contributed by atoms with van der Waals surface area (Å²) < 4.78 is 6.22. The lowest BCUT2D eigenvalue weighted by molar-refractivity contribution is 0.0320. The third-order valence-electron chi connectivity index (χ3n) is 3.79. The minimum absolute atomic E-state index is 0.206. The molecule has 0 aliphatic carbocycles. The molecule has 0 amide bonds. The number of aryl methyl sites for hydroxylation is 2. The van der Waals surface area contributed by atoms with Crippen molar-refractivity contribution < 1.29 is 9.53 Å². The van der Waals surface area contributed by atoms with E-state index in [1.807, 2.05) is 19.9 Å². The maximum Gasteiger partial charge on any atom is 0.338 e. The highest BCUT2D eigenvalue weighted by Gasteiger charge is 2.19. The van der Waals surface area contributed by atoms with E-state index in [0.717, 1.165) is 14.9 Å². The molecule has 2 heterocycles. The summed E-state index contributed by atoms with van der Waals surface area (Å²) in [7, 11) is 0. The second-order valence-corrected chi connectivity index (χ2v) is 7.59. The first-order valence-corrected chi connectivity index (χ1v) is 8.94. The lowest BCUT2D eigenvalue weighted by atomic mass is 10.2. The molecule has 1 aromatic carbocycles. The normalized spacial score (nSPS) is 12.3. The fourth-order valence-corrected chi connectivity index (χ4v) is 3.80. The monoisotopic (exact) mass is 406 g/mol. The number of hydrogen-bond acceptors (Lipinski definition) is 5. The van der Waals surface area contributed by atoms with Crippen LogP contribution >= 0.6 is 27.3 Å². The Bertz CT molecular complexity index is 993. The number of aromatic amines is 1. The maximum atomic E-state index is 12.3. The number of carbonyl (C=O) groups is 1. The van der Waals surface area contributed by atoms with E-state index in [4.69, 9.17) is 4.74 Å². The van der Waals surface area contributed by atoms with E-state index in [-0.39, 0.29) is 5.56 Å². The number of fused-ring (bicyclic) bond motifs is 1. The molecule has 0 saturated heterocycles. The molecule has 0 bridgehead atoms. The molecule has 24 heavy (non-hydrogen) atoms. The van der Waals surface area contributed by atoms with Gasteiger partial charge in [-0.3, -0.25) is 4.79 Å². The summed E-state index contributed by atoms with van der Waals surface area (Å²) in [5, 5.41) is 0.603. The molecule has 0 unspecified atom stereocenters. The van der Waals surface area contributed by atoms with Gasteiger partial charge in [0.25, 0.3) is 5.56 Å². The summed E-state index contributed by atoms with van der Waals surface area (Å²) in [4.78, 5) is 33.4. The van der Waals surface area contributed by atoms with Gasteiger partial charge in [0, 0.05) is 9.35 Å². The molecule has 0 fully saturated rings. The van der Waals surface area contributed by atoms with Crippen molar-refractivity contribution in [3.63, 3.8) is 0 Å². The predicted octanol–water partition coefficient (Wildman–Crippen LogP) is 4.28. The molecule has 1 N–H and O–H groups in total. The smallest absolute Gasteiger partial charge is 0.338 e. The molecular formula is C17H15BrN2O3S. The Morgan fingerprint density at radius 2 is 2.12 bits per heavy atom. The number of benzene rings is 1. The molecule has 7 heteroatoms. The standard InChI is InChI=1S/C17H15BrN2O3S/c1-8-10(3)24-16-13(8)15(21)19-14(20-16)9(2)23-17(22)11-5-4-6-12(18)7-11/h4-7,9H,1-3H3,(H,19,20,21)/t9-/m1/s1. The Balaban J connectivity index is 1.90. The van der Waals surface area contributed by atoms with E-state index >= 15 is 0 Å². The number of carbonyl (C=O) groups excluding carboxylic acids is 1. The van der Waals surface area contributed by atoms with E-state index in [2.05, 4.69) is 25.9 Å². The SMILES string of the molecule is Cc1sc2nc([C@@H](C)OC(=O)c3cccc(Br)c3)[nH]c(=O)c2c1C. The first kappa shape index (κ1) is 16.9. The van der Waals surface area contributed by atoms with Crippen LogP contribution in [0.4, 0.5) is 0 Å². The number of ether oxygens (including phenoxy) is 1. The fourth-order valence-electron chi connectivity index (χ4n) is 2.36. The maximum absolute atomic E-state index is 12.3. The van der Waals surface area contributed by atoms with Gasteiger partial charge in [0.1, 0.15) is 4.83 Å². The van der Waals surface area contributed by atoms with Crippen LogP contribution in [0.3, 0.4) is 0 Å². The molecule has 2 aromatic heterocycles. The van der Waals surface area contributed by atoms with Crippen LogP contribution in [-0.2, 0) is 4.74 Å². The van der Waals surface area contributed by atoms with Gasteiger partial charge >= 0.3 is 5.97 Å². The fraction of sp³-hybridized carbons (Fsp3) is 0.235. The largest absolute Gasteiger partial charge is 0.451 e. The first-order chi connectivity index (χ1) is 11.4. The van der Waals surface area contributed by atoms with Crippen LogP contribution in [0, 0.1) is 13.8 Å². The highest BCUT2D eigenvalue weighted by molar-refractivity contribution is 9.10. The Morgan fingerprint density at radius 3 is 2.83 bits per heavy atom. The van der Waals surface area contributed by atoms with Crippen molar-refractivity contribution in [3.8, 4) is 0 Å². The number of thiophene rings is 1. The molecule has 3 aromatic rings. The molecule has 0 aliphatic heterocycles. The van der Waals surface area contributed by atoms with Crippen LogP contribution in [-0.4, -0.2) is 15.9 Å². The van der Waals surface area contributed by atoms with E-state index in [1.165, 1.54) is 11.3 Å². The Labute approximate surface area is 150 Å². The summed E-state index contributed by atoms with van der Waals surface area (Å²) in [6.45, 7) is 5.55. The summed E-state index contributed by atoms with van der Waals surface area (Å²) in [5.41, 5.74) is 1.17. The van der Waals surface area contributed by atoms with Crippen LogP contribution in [0.15, 0.2) is 33.5 Å². The van der Waals surface area contributed by atoms with Crippen molar-refractivity contribution in [3.05, 3.63) is 60.9 Å². The highest BCUT2D eigenvalue weighted by atomic mass is 79.9. The molecule has 3 rings (SSSR count). The molecule has 0 saturated carbocycles. The number of nitrogens with zero attached hydrogens (tertiary/aromatic N) is 1. The zero-order chi connectivity index (χ0) is 17.4. The molecule has 1 atom stereocenters. The van der Waals surface area contributed by atoms with Gasteiger partial charge in [-0.2, -0.15) is 0 Å². The van der Waals surface area contributed by atoms with Gasteiger partial charge in [-0.1, -0.05) is 22.0 Å². The van der Waals surface area contributed by atoms with Crippen molar-refractivity contribution in [2.75, 3.05) is 0 Å². The van der Waals surface area contributed by atoms with Gasteiger partial charge in [-0.15, -0.1) is 11.3 Å². The lowest BCUT2D eigenvalue weighted by Crippen LogP contribution is -2.17. The second-order valence-electron chi connectivity index (χ2n) is 5.47. The van der Waals surface area contributed by atoms with Crippen LogP contribution < -0.4 is 5.56 Å². The van der Waals surface area contributed by atoms with Gasteiger partial charge in [0.15, 0.2) is 11.9 Å². The third kappa shape index (κ3) is 3.14. The number of rotatable bonds is 3. The molecule has 0 spiro atoms. The zero-order valence-electron chi connectivity index (χ0n) is 13.3. The summed E-state index contributed by atoms with van der Waals surface area (Å²) in [5.74, 6) is -0.123. The third-order valence-corrected chi connectivity index (χ3v) is 5.38. The van der Waals surface area contributed by atoms with Gasteiger partial charge < -0.3 is 9.72 Å². The van der Waals surface area contributed by atoms with Gasteiger partial charge in [0.2, 0.25) is 0 Å². The minimum atomic E-state index is -0.656. The number of nitrogens with one attached hydrogen (secondary N) is 1. The zero-order valence-corrected chi connectivity index (χ0v) is 15.7. The molecule has 0 aliphatic rings. The molecule has 124 valence electrons. The van der Waals surface area contributed by atoms with Gasteiger partial charge in [-0.25, -0.2) is 9.78 Å². The summed E-state index contributed by atoms with van der Waals surface area (Å²) in [6.07, 6.45) is -0.656. The van der Waals surface area contributed by atoms with Crippen molar-refractivity contribution in [2.45, 2.75) is 26.9 Å². The number of esters is 1. The van der Waals surface area contributed by atoms with E-state index in [9.17, 15) is 9.59 Å². The second kappa shape index (κ2) is 6.49. The van der Waals surface area contributed by atoms with Gasteiger partial charge in [0.05, 0.1) is 10.9 Å². The predicted molar refractivity (Wildman–Crippen MR) is 97.7 cm³/mol. The highest BCUT2D eigenvalue weighted by Crippen LogP contribution is 2.27.